The standard InChI is InChI=1S/C8H9BrN2O/c9-7-4-2-1-3-6(7)5-11-8(10)12/h1-4H,5H2,(H3,10,11,12). The molecule has 0 aliphatic heterocycles. The van der Waals surface area contributed by atoms with Crippen molar-refractivity contribution >= 4 is 22.0 Å². The van der Waals surface area contributed by atoms with Crippen molar-refractivity contribution in [2.45, 2.75) is 6.54 Å². The Morgan fingerprint density at radius 2 is 2.17 bits per heavy atom. The largest absolute Gasteiger partial charge is 0.352 e. The molecule has 0 heterocycles. The second kappa shape index (κ2) is 4.11. The SMILES string of the molecule is NC(=O)NCc1ccccc1Br. The Morgan fingerprint density at radius 3 is 2.75 bits per heavy atom. The molecule has 0 saturated carbocycles. The van der Waals surface area contributed by atoms with Crippen LogP contribution in [0.2, 0.25) is 0 Å². The van der Waals surface area contributed by atoms with Gasteiger partial charge in [-0.2, -0.15) is 0 Å². The zero-order chi connectivity index (χ0) is 8.97. The summed E-state index contributed by atoms with van der Waals surface area (Å²) in [4.78, 5) is 10.4. The first-order valence-electron chi connectivity index (χ1n) is 3.47. The van der Waals surface area contributed by atoms with Gasteiger partial charge in [0.1, 0.15) is 0 Å². The second-order valence-corrected chi connectivity index (χ2v) is 3.16. The van der Waals surface area contributed by atoms with Gasteiger partial charge in [-0.3, -0.25) is 0 Å². The lowest BCUT2D eigenvalue weighted by atomic mass is 10.2. The maximum Gasteiger partial charge on any atom is 0.312 e. The number of halogens is 1. The minimum absolute atomic E-state index is 0.455. The van der Waals surface area contributed by atoms with Gasteiger partial charge in [-0.15, -0.1) is 0 Å². The Balaban J connectivity index is 2.63. The van der Waals surface area contributed by atoms with Gasteiger partial charge in [0.2, 0.25) is 0 Å². The van der Waals surface area contributed by atoms with Gasteiger partial charge in [0.15, 0.2) is 0 Å². The van der Waals surface area contributed by atoms with Crippen LogP contribution in [0.3, 0.4) is 0 Å². The van der Waals surface area contributed by atoms with Crippen molar-refractivity contribution in [3.8, 4) is 0 Å². The molecule has 0 aromatic heterocycles. The molecule has 0 radical (unpaired) electrons. The summed E-state index contributed by atoms with van der Waals surface area (Å²) in [6.45, 7) is 0.455. The summed E-state index contributed by atoms with van der Waals surface area (Å²) in [6, 6.07) is 7.14. The molecular formula is C8H9BrN2O. The first-order valence-corrected chi connectivity index (χ1v) is 4.26. The third-order valence-corrected chi connectivity index (χ3v) is 2.18. The third kappa shape index (κ3) is 2.54. The lowest BCUT2D eigenvalue weighted by molar-refractivity contribution is 0.248. The van der Waals surface area contributed by atoms with Crippen LogP contribution in [0.25, 0.3) is 0 Å². The number of carbonyl (C=O) groups excluding carboxylic acids is 1. The number of hydrogen-bond acceptors (Lipinski definition) is 1. The highest BCUT2D eigenvalue weighted by Gasteiger charge is 1.98. The van der Waals surface area contributed by atoms with Gasteiger partial charge in [-0.25, -0.2) is 4.79 Å². The zero-order valence-corrected chi connectivity index (χ0v) is 7.97. The molecule has 0 spiro atoms. The lowest BCUT2D eigenvalue weighted by Gasteiger charge is -2.03. The monoisotopic (exact) mass is 228 g/mol. The predicted molar refractivity (Wildman–Crippen MR) is 50.6 cm³/mol. The summed E-state index contributed by atoms with van der Waals surface area (Å²) < 4.78 is 0.971. The molecule has 1 aromatic rings. The number of rotatable bonds is 2. The molecule has 4 heteroatoms. The average molecular weight is 229 g/mol. The van der Waals surface area contributed by atoms with E-state index in [2.05, 4.69) is 21.2 Å². The fraction of sp³-hybridized carbons (Fsp3) is 0.125. The first-order chi connectivity index (χ1) is 5.70. The molecule has 0 atom stereocenters. The Labute approximate surface area is 79.1 Å². The van der Waals surface area contributed by atoms with E-state index in [1.807, 2.05) is 24.3 Å². The van der Waals surface area contributed by atoms with Gasteiger partial charge in [0.25, 0.3) is 0 Å². The van der Waals surface area contributed by atoms with Crippen LogP contribution in [0, 0.1) is 0 Å². The van der Waals surface area contributed by atoms with Crippen LogP contribution in [0.15, 0.2) is 28.7 Å². The van der Waals surface area contributed by atoms with E-state index in [0.717, 1.165) is 10.0 Å². The molecule has 0 unspecified atom stereocenters. The molecule has 0 aliphatic carbocycles. The van der Waals surface area contributed by atoms with Crippen LogP contribution in [0.5, 0.6) is 0 Å². The third-order valence-electron chi connectivity index (χ3n) is 1.41. The molecule has 3 nitrogen and oxygen atoms in total. The van der Waals surface area contributed by atoms with Crippen LogP contribution in [-0.4, -0.2) is 6.03 Å². The van der Waals surface area contributed by atoms with Gasteiger partial charge in [-0.05, 0) is 11.6 Å². The molecule has 0 saturated heterocycles. The number of benzene rings is 1. The number of nitrogens with two attached hydrogens (primary N) is 1. The Kier molecular flexibility index (Phi) is 3.10. The highest BCUT2D eigenvalue weighted by Crippen LogP contribution is 2.14. The minimum atomic E-state index is -0.509. The number of amides is 2. The Morgan fingerprint density at radius 1 is 1.50 bits per heavy atom. The van der Waals surface area contributed by atoms with Crippen molar-refractivity contribution < 1.29 is 4.79 Å². The van der Waals surface area contributed by atoms with Crippen molar-refractivity contribution in [3.63, 3.8) is 0 Å². The van der Waals surface area contributed by atoms with Crippen molar-refractivity contribution in [2.24, 2.45) is 5.73 Å². The Bertz CT molecular complexity index is 288. The van der Waals surface area contributed by atoms with Crippen LogP contribution in [-0.2, 0) is 6.54 Å². The van der Waals surface area contributed by atoms with E-state index in [1.54, 1.807) is 0 Å². The van der Waals surface area contributed by atoms with Gasteiger partial charge in [0, 0.05) is 11.0 Å². The van der Waals surface area contributed by atoms with E-state index in [1.165, 1.54) is 0 Å². The van der Waals surface area contributed by atoms with Gasteiger partial charge >= 0.3 is 6.03 Å². The normalized spacial score (nSPS) is 9.42. The summed E-state index contributed by atoms with van der Waals surface area (Å²) in [5, 5.41) is 2.51. The molecule has 2 amide bonds. The van der Waals surface area contributed by atoms with Gasteiger partial charge in [-0.1, -0.05) is 34.1 Å². The molecule has 64 valence electrons. The minimum Gasteiger partial charge on any atom is -0.352 e. The first kappa shape index (κ1) is 9.06. The number of primary amides is 1. The quantitative estimate of drug-likeness (QED) is 0.795. The van der Waals surface area contributed by atoms with Crippen LogP contribution in [0.4, 0.5) is 4.79 Å². The second-order valence-electron chi connectivity index (χ2n) is 2.31. The van der Waals surface area contributed by atoms with E-state index in [9.17, 15) is 4.79 Å². The maximum absolute atomic E-state index is 10.4. The van der Waals surface area contributed by atoms with Crippen molar-refractivity contribution in [3.05, 3.63) is 34.3 Å². The van der Waals surface area contributed by atoms with Crippen molar-refractivity contribution in [2.75, 3.05) is 0 Å². The Hall–Kier alpha value is -1.03. The fourth-order valence-electron chi connectivity index (χ4n) is 0.824. The maximum atomic E-state index is 10.4. The number of hydrogen-bond donors (Lipinski definition) is 2. The predicted octanol–water partition coefficient (Wildman–Crippen LogP) is 1.62. The summed E-state index contributed by atoms with van der Waals surface area (Å²) in [7, 11) is 0. The molecule has 0 bridgehead atoms. The van der Waals surface area contributed by atoms with Crippen LogP contribution in [0.1, 0.15) is 5.56 Å². The lowest BCUT2D eigenvalue weighted by Crippen LogP contribution is -2.28. The van der Waals surface area contributed by atoms with E-state index >= 15 is 0 Å². The van der Waals surface area contributed by atoms with E-state index in [4.69, 9.17) is 5.73 Å². The zero-order valence-electron chi connectivity index (χ0n) is 6.38. The summed E-state index contributed by atoms with van der Waals surface area (Å²) in [6.07, 6.45) is 0. The van der Waals surface area contributed by atoms with E-state index < -0.39 is 6.03 Å². The summed E-state index contributed by atoms with van der Waals surface area (Å²) in [5.74, 6) is 0. The molecule has 0 aliphatic rings. The van der Waals surface area contributed by atoms with Gasteiger partial charge < -0.3 is 11.1 Å². The van der Waals surface area contributed by atoms with Crippen LogP contribution >= 0.6 is 15.9 Å². The summed E-state index contributed by atoms with van der Waals surface area (Å²) in [5.41, 5.74) is 5.94. The van der Waals surface area contributed by atoms with E-state index in [-0.39, 0.29) is 0 Å². The molecular weight excluding hydrogens is 220 g/mol. The smallest absolute Gasteiger partial charge is 0.312 e. The highest BCUT2D eigenvalue weighted by atomic mass is 79.9. The van der Waals surface area contributed by atoms with Gasteiger partial charge in [0.05, 0.1) is 0 Å². The molecule has 12 heavy (non-hydrogen) atoms. The summed E-state index contributed by atoms with van der Waals surface area (Å²) >= 11 is 3.35. The number of carbonyl (C=O) groups is 1. The van der Waals surface area contributed by atoms with Crippen molar-refractivity contribution in [1.29, 1.82) is 0 Å². The average Bonchev–Trinajstić information content (AvgIpc) is 2.03. The molecule has 1 aromatic carbocycles. The highest BCUT2D eigenvalue weighted by molar-refractivity contribution is 9.10. The topological polar surface area (TPSA) is 55.1 Å². The van der Waals surface area contributed by atoms with Crippen molar-refractivity contribution in [1.82, 2.24) is 5.32 Å². The van der Waals surface area contributed by atoms with E-state index in [0.29, 0.717) is 6.54 Å². The van der Waals surface area contributed by atoms with Crippen LogP contribution < -0.4 is 11.1 Å². The molecule has 0 fully saturated rings. The molecule has 1 rings (SSSR count). The number of nitrogens with one attached hydrogen (secondary N) is 1. The number of urea groups is 1. The fourth-order valence-corrected chi connectivity index (χ4v) is 1.25. The molecule has 3 N–H and O–H groups in total.